The Bertz CT molecular complexity index is 2680. The standard InChI is InChI=1S/C41H33Cl2F3N6O5S/c1-18-24-15-20(42)8-12-29(24)58-34(18)28-17-31(49(3)48-28)51-37(55)26-16-25-22(33(40(26,2)39(51)57)19-6-5-7-21(53)14-19)9-10-23-32(25)38(56)52(36(23)54)50(4)35-27(43)11-13-30(47-35)41(44,45)46/h5-9,11-15,17,23,25-26,32-33,53H,10,16H2,1-4H3. The second-order valence-electron chi connectivity index (χ2n) is 15.5. The molecule has 5 heterocycles. The third-order valence-electron chi connectivity index (χ3n) is 12.4. The number of hydrogen-bond acceptors (Lipinski definition) is 9. The number of benzene rings is 2. The second kappa shape index (κ2) is 13.1. The molecule has 4 aliphatic rings. The van der Waals surface area contributed by atoms with Gasteiger partial charge >= 0.3 is 6.18 Å². The maximum atomic E-state index is 15.1. The minimum Gasteiger partial charge on any atom is -0.508 e. The highest BCUT2D eigenvalue weighted by Crippen LogP contribution is 2.64. The number of fused-ring (bicyclic) bond motifs is 5. The molecule has 0 bridgehead atoms. The Balaban J connectivity index is 1.12. The van der Waals surface area contributed by atoms with Crippen LogP contribution in [0.25, 0.3) is 20.7 Å². The summed E-state index contributed by atoms with van der Waals surface area (Å²) in [4.78, 5) is 64.2. The molecule has 3 fully saturated rings. The third kappa shape index (κ3) is 5.45. The number of phenols is 1. The summed E-state index contributed by atoms with van der Waals surface area (Å²) in [5, 5.41) is 18.5. The molecule has 6 unspecified atom stereocenters. The van der Waals surface area contributed by atoms with Gasteiger partial charge in [0.05, 0.1) is 33.1 Å². The first-order chi connectivity index (χ1) is 27.4. The highest BCUT2D eigenvalue weighted by molar-refractivity contribution is 7.22. The van der Waals surface area contributed by atoms with Crippen molar-refractivity contribution in [3.8, 4) is 16.3 Å². The zero-order valence-electron chi connectivity index (χ0n) is 31.2. The van der Waals surface area contributed by atoms with Crippen LogP contribution in [0.1, 0.15) is 42.5 Å². The molecule has 11 nitrogen and oxygen atoms in total. The number of hydrazine groups is 1. The van der Waals surface area contributed by atoms with Gasteiger partial charge in [0.1, 0.15) is 23.0 Å². The number of phenolic OH excluding ortho intramolecular Hbond substituents is 1. The molecule has 1 saturated carbocycles. The summed E-state index contributed by atoms with van der Waals surface area (Å²) >= 11 is 14.1. The van der Waals surface area contributed by atoms with E-state index < -0.39 is 76.3 Å². The van der Waals surface area contributed by atoms with Crippen LogP contribution in [-0.4, -0.2) is 55.6 Å². The normalized spacial score (nSPS) is 25.7. The Morgan fingerprint density at radius 3 is 2.47 bits per heavy atom. The van der Waals surface area contributed by atoms with Gasteiger partial charge in [-0.1, -0.05) is 47.0 Å². The van der Waals surface area contributed by atoms with Crippen molar-refractivity contribution in [2.75, 3.05) is 17.0 Å². The van der Waals surface area contributed by atoms with Gasteiger partial charge in [-0.3, -0.25) is 28.9 Å². The average molecular weight is 850 g/mol. The Hall–Kier alpha value is -5.25. The minimum atomic E-state index is -4.82. The molecule has 0 radical (unpaired) electrons. The Labute approximate surface area is 343 Å². The number of alkyl halides is 3. The lowest BCUT2D eigenvalue weighted by Gasteiger charge is -2.49. The van der Waals surface area contributed by atoms with Gasteiger partial charge in [0, 0.05) is 35.8 Å². The number of nitrogens with zero attached hydrogens (tertiary/aromatic N) is 6. The number of aromatic nitrogens is 3. The van der Waals surface area contributed by atoms with Crippen molar-refractivity contribution in [2.45, 2.75) is 38.8 Å². The summed E-state index contributed by atoms with van der Waals surface area (Å²) < 4.78 is 43.5. The van der Waals surface area contributed by atoms with Crippen molar-refractivity contribution in [3.63, 3.8) is 0 Å². The molecule has 2 aromatic carbocycles. The van der Waals surface area contributed by atoms with Crippen LogP contribution >= 0.6 is 34.5 Å². The number of carbonyl (C=O) groups excluding carboxylic acids is 4. The van der Waals surface area contributed by atoms with Gasteiger partial charge in [0.25, 0.3) is 11.8 Å². The van der Waals surface area contributed by atoms with Crippen LogP contribution in [0.2, 0.25) is 10.0 Å². The minimum absolute atomic E-state index is 0.0277. The maximum Gasteiger partial charge on any atom is 0.433 e. The van der Waals surface area contributed by atoms with Gasteiger partial charge < -0.3 is 5.11 Å². The van der Waals surface area contributed by atoms with E-state index in [9.17, 15) is 32.7 Å². The van der Waals surface area contributed by atoms with Crippen molar-refractivity contribution in [2.24, 2.45) is 36.1 Å². The number of imide groups is 2. The van der Waals surface area contributed by atoms with Crippen molar-refractivity contribution < 1.29 is 37.5 Å². The van der Waals surface area contributed by atoms with Crippen LogP contribution in [0.4, 0.5) is 24.8 Å². The largest absolute Gasteiger partial charge is 0.508 e. The van der Waals surface area contributed by atoms with Crippen LogP contribution in [0, 0.1) is 36.0 Å². The van der Waals surface area contributed by atoms with E-state index in [-0.39, 0.29) is 29.4 Å². The van der Waals surface area contributed by atoms with Crippen LogP contribution in [0.3, 0.4) is 0 Å². The summed E-state index contributed by atoms with van der Waals surface area (Å²) in [6.07, 6.45) is -2.86. The zero-order chi connectivity index (χ0) is 41.3. The highest BCUT2D eigenvalue weighted by atomic mass is 35.5. The van der Waals surface area contributed by atoms with E-state index in [1.165, 1.54) is 35.2 Å². The van der Waals surface area contributed by atoms with E-state index in [2.05, 4.69) is 4.98 Å². The van der Waals surface area contributed by atoms with Gasteiger partial charge in [-0.05, 0) is 91.6 Å². The molecular formula is C41H33Cl2F3N6O5S. The van der Waals surface area contributed by atoms with E-state index in [0.29, 0.717) is 27.9 Å². The second-order valence-corrected chi connectivity index (χ2v) is 17.4. The van der Waals surface area contributed by atoms with Gasteiger partial charge in [-0.15, -0.1) is 11.3 Å². The average Bonchev–Trinajstić information content (AvgIpc) is 3.84. The van der Waals surface area contributed by atoms with Crippen LogP contribution in [0.5, 0.6) is 5.75 Å². The summed E-state index contributed by atoms with van der Waals surface area (Å²) in [5.74, 6) is -7.00. The fraction of sp³-hybridized carbons (Fsp3) is 0.317. The fourth-order valence-electron chi connectivity index (χ4n) is 9.72. The number of anilines is 2. The molecule has 2 saturated heterocycles. The molecule has 4 amide bonds. The molecular weight excluding hydrogens is 816 g/mol. The number of rotatable bonds is 5. The van der Waals surface area contributed by atoms with Crippen molar-refractivity contribution in [3.05, 3.63) is 99.2 Å². The number of aromatic hydroxyl groups is 1. The van der Waals surface area contributed by atoms with Crippen molar-refractivity contribution in [1.82, 2.24) is 19.8 Å². The smallest absolute Gasteiger partial charge is 0.433 e. The maximum absolute atomic E-state index is 15.1. The van der Waals surface area contributed by atoms with Crippen LogP contribution < -0.4 is 9.91 Å². The lowest BCUT2D eigenvalue weighted by Crippen LogP contribution is -2.49. The lowest BCUT2D eigenvalue weighted by molar-refractivity contribution is -0.141. The number of amides is 4. The van der Waals surface area contributed by atoms with Gasteiger partial charge in [-0.25, -0.2) is 9.88 Å². The molecule has 3 aromatic heterocycles. The van der Waals surface area contributed by atoms with Gasteiger partial charge in [0.2, 0.25) is 11.8 Å². The van der Waals surface area contributed by atoms with E-state index in [0.717, 1.165) is 41.5 Å². The molecule has 1 N–H and O–H groups in total. The topological polar surface area (TPSA) is 129 Å². The van der Waals surface area contributed by atoms with Crippen molar-refractivity contribution in [1.29, 1.82) is 0 Å². The molecule has 2 aliphatic heterocycles. The number of halogens is 5. The Morgan fingerprint density at radius 2 is 1.74 bits per heavy atom. The first-order valence-corrected chi connectivity index (χ1v) is 19.9. The van der Waals surface area contributed by atoms with Gasteiger partial charge in [0.15, 0.2) is 5.82 Å². The van der Waals surface area contributed by atoms with E-state index >= 15 is 4.79 Å². The molecule has 9 rings (SSSR count). The molecule has 6 atom stereocenters. The van der Waals surface area contributed by atoms with E-state index in [1.807, 2.05) is 31.2 Å². The summed E-state index contributed by atoms with van der Waals surface area (Å²) in [7, 11) is 2.90. The van der Waals surface area contributed by atoms with Gasteiger partial charge in [-0.2, -0.15) is 23.3 Å². The first kappa shape index (κ1) is 38.3. The lowest BCUT2D eigenvalue weighted by atomic mass is 9.51. The molecule has 2 aliphatic carbocycles. The first-order valence-electron chi connectivity index (χ1n) is 18.4. The fourth-order valence-corrected chi connectivity index (χ4v) is 11.3. The molecule has 298 valence electrons. The van der Waals surface area contributed by atoms with E-state index in [1.54, 1.807) is 32.2 Å². The van der Waals surface area contributed by atoms with E-state index in [4.69, 9.17) is 28.3 Å². The quantitative estimate of drug-likeness (QED) is 0.138. The predicted octanol–water partition coefficient (Wildman–Crippen LogP) is 8.32. The molecule has 0 spiro atoms. The highest BCUT2D eigenvalue weighted by Gasteiger charge is 2.68. The number of thiophene rings is 1. The third-order valence-corrected chi connectivity index (χ3v) is 14.2. The number of hydrogen-bond donors (Lipinski definition) is 1. The number of carbonyl (C=O) groups is 4. The number of pyridine rings is 1. The Morgan fingerprint density at radius 1 is 0.983 bits per heavy atom. The van der Waals surface area contributed by atoms with Crippen LogP contribution in [-0.2, 0) is 32.4 Å². The summed E-state index contributed by atoms with van der Waals surface area (Å²) in [6.45, 7) is 3.69. The summed E-state index contributed by atoms with van der Waals surface area (Å²) in [6, 6.07) is 15.5. The molecule has 17 heteroatoms. The molecule has 5 aromatic rings. The molecule has 58 heavy (non-hydrogen) atoms. The number of aryl methyl sites for hydroxylation is 2. The predicted molar refractivity (Wildman–Crippen MR) is 211 cm³/mol. The Kier molecular flexibility index (Phi) is 8.67. The summed E-state index contributed by atoms with van der Waals surface area (Å²) in [5.41, 5.74) is 0.0693. The zero-order valence-corrected chi connectivity index (χ0v) is 33.5. The SMILES string of the molecule is Cc1c(-c2cc(N3C(=O)C4CC5C(=CCC6C(=O)N(N(C)c7nc(C(F)(F)F)ccc7Cl)C(=O)C65)C(c5cccc(O)c5)C4(C)C3=O)n(C)n2)sc2ccc(Cl)cc12. The monoisotopic (exact) mass is 848 g/mol. The van der Waals surface area contributed by atoms with Crippen molar-refractivity contribution >= 4 is 79.9 Å². The number of allylic oxidation sites excluding steroid dienone is 2. The van der Waals surface area contributed by atoms with Crippen LogP contribution in [0.15, 0.2) is 72.3 Å².